The summed E-state index contributed by atoms with van der Waals surface area (Å²) >= 11 is 2.48. The molecule has 30 heavy (non-hydrogen) atoms. The number of alkyl halides is 2. The number of thiazole rings is 2. The van der Waals surface area contributed by atoms with Crippen molar-refractivity contribution in [2.45, 2.75) is 26.8 Å². The van der Waals surface area contributed by atoms with Crippen LogP contribution in [0.15, 0.2) is 42.0 Å². The first-order chi connectivity index (χ1) is 14.5. The quantitative estimate of drug-likeness (QED) is 0.416. The first-order valence-corrected chi connectivity index (χ1v) is 10.8. The first kappa shape index (κ1) is 20.3. The maximum absolute atomic E-state index is 13.1. The standard InChI is InChI=1S/C20H17F2N5OS2/c1-3-12-4-6-13(7-5-12)18-25-14(10-29-18)17(28)26-20-24-11(2)15(30-20)16-23-8-9-27(16)19(21)22/h4-10,19H,3H2,1-2H3,(H,24,26,28). The molecule has 0 atom stereocenters. The molecule has 0 aliphatic carbocycles. The van der Waals surface area contributed by atoms with Crippen LogP contribution in [0.4, 0.5) is 13.9 Å². The van der Waals surface area contributed by atoms with E-state index in [0.717, 1.165) is 32.9 Å². The highest BCUT2D eigenvalue weighted by Gasteiger charge is 2.20. The lowest BCUT2D eigenvalue weighted by Crippen LogP contribution is -2.12. The molecule has 154 valence electrons. The number of nitrogens with zero attached hydrogens (tertiary/aromatic N) is 4. The number of aryl methyl sites for hydroxylation is 2. The van der Waals surface area contributed by atoms with Gasteiger partial charge in [-0.25, -0.2) is 15.0 Å². The molecule has 6 nitrogen and oxygen atoms in total. The number of imidazole rings is 1. The van der Waals surface area contributed by atoms with Crippen molar-refractivity contribution in [2.24, 2.45) is 0 Å². The van der Waals surface area contributed by atoms with Gasteiger partial charge in [-0.3, -0.25) is 14.7 Å². The second-order valence-corrected chi connectivity index (χ2v) is 8.27. The number of hydrogen-bond donors (Lipinski definition) is 1. The van der Waals surface area contributed by atoms with Gasteiger partial charge in [-0.15, -0.1) is 11.3 Å². The van der Waals surface area contributed by atoms with Gasteiger partial charge in [0, 0.05) is 23.3 Å². The maximum Gasteiger partial charge on any atom is 0.320 e. The van der Waals surface area contributed by atoms with E-state index in [1.54, 1.807) is 12.3 Å². The molecule has 1 aromatic carbocycles. The zero-order valence-corrected chi connectivity index (χ0v) is 17.7. The molecular formula is C20H17F2N5OS2. The van der Waals surface area contributed by atoms with Gasteiger partial charge in [-0.1, -0.05) is 42.5 Å². The monoisotopic (exact) mass is 445 g/mol. The molecule has 0 aliphatic rings. The molecule has 3 heterocycles. The summed E-state index contributed by atoms with van der Waals surface area (Å²) in [5.41, 5.74) is 2.97. The Hall–Kier alpha value is -2.98. The minimum Gasteiger partial charge on any atom is -0.296 e. The molecule has 0 bridgehead atoms. The Kier molecular flexibility index (Phi) is 5.69. The predicted octanol–water partition coefficient (Wildman–Crippen LogP) is 5.65. The van der Waals surface area contributed by atoms with E-state index < -0.39 is 12.5 Å². The minimum absolute atomic E-state index is 0.118. The van der Waals surface area contributed by atoms with Crippen LogP contribution >= 0.6 is 22.7 Å². The van der Waals surface area contributed by atoms with Crippen LogP contribution in [0.3, 0.4) is 0 Å². The second-order valence-electron chi connectivity index (χ2n) is 6.41. The number of carbonyl (C=O) groups is 1. The van der Waals surface area contributed by atoms with Crippen molar-refractivity contribution < 1.29 is 13.6 Å². The number of hydrogen-bond acceptors (Lipinski definition) is 6. The highest BCUT2D eigenvalue weighted by Crippen LogP contribution is 2.34. The molecule has 3 aromatic heterocycles. The van der Waals surface area contributed by atoms with Crippen LogP contribution in [0, 0.1) is 6.92 Å². The largest absolute Gasteiger partial charge is 0.320 e. The Balaban J connectivity index is 1.52. The van der Waals surface area contributed by atoms with Crippen LogP contribution in [0.25, 0.3) is 21.3 Å². The molecule has 1 N–H and O–H groups in total. The Labute approximate surface area is 179 Å². The third-order valence-corrected chi connectivity index (χ3v) is 6.41. The molecule has 1 amide bonds. The summed E-state index contributed by atoms with van der Waals surface area (Å²) in [6.45, 7) is 1.07. The van der Waals surface area contributed by atoms with Crippen molar-refractivity contribution in [3.8, 4) is 21.3 Å². The SMILES string of the molecule is CCc1ccc(-c2nc(C(=O)Nc3nc(C)c(-c4nccn4C(F)F)s3)cs2)cc1. The van der Waals surface area contributed by atoms with E-state index >= 15 is 0 Å². The summed E-state index contributed by atoms with van der Waals surface area (Å²) in [6.07, 6.45) is 3.47. The molecule has 0 saturated carbocycles. The van der Waals surface area contributed by atoms with Crippen molar-refractivity contribution >= 4 is 33.7 Å². The molecule has 0 saturated heterocycles. The van der Waals surface area contributed by atoms with Gasteiger partial charge in [0.25, 0.3) is 5.91 Å². The van der Waals surface area contributed by atoms with Gasteiger partial charge in [0.05, 0.1) is 10.6 Å². The van der Waals surface area contributed by atoms with E-state index in [0.29, 0.717) is 15.7 Å². The van der Waals surface area contributed by atoms with Crippen LogP contribution < -0.4 is 5.32 Å². The van der Waals surface area contributed by atoms with E-state index in [2.05, 4.69) is 27.2 Å². The molecule has 10 heteroatoms. The number of rotatable bonds is 6. The van der Waals surface area contributed by atoms with E-state index in [1.807, 2.05) is 24.3 Å². The van der Waals surface area contributed by atoms with Crippen LogP contribution in [0.5, 0.6) is 0 Å². The van der Waals surface area contributed by atoms with Crippen LogP contribution in [-0.2, 0) is 6.42 Å². The zero-order chi connectivity index (χ0) is 21.3. The zero-order valence-electron chi connectivity index (χ0n) is 16.1. The Bertz CT molecular complexity index is 1180. The lowest BCUT2D eigenvalue weighted by Gasteiger charge is -2.04. The number of nitrogens with one attached hydrogen (secondary N) is 1. The van der Waals surface area contributed by atoms with Gasteiger partial charge in [-0.2, -0.15) is 8.78 Å². The highest BCUT2D eigenvalue weighted by molar-refractivity contribution is 7.19. The number of carbonyl (C=O) groups excluding carboxylic acids is 1. The summed E-state index contributed by atoms with van der Waals surface area (Å²) in [4.78, 5) is 25.8. The average molecular weight is 446 g/mol. The normalized spacial score (nSPS) is 11.2. The minimum atomic E-state index is -2.71. The van der Waals surface area contributed by atoms with Gasteiger partial charge >= 0.3 is 6.55 Å². The fraction of sp³-hybridized carbons (Fsp3) is 0.200. The van der Waals surface area contributed by atoms with Crippen molar-refractivity contribution in [3.63, 3.8) is 0 Å². The molecule has 0 unspecified atom stereocenters. The van der Waals surface area contributed by atoms with Gasteiger partial charge in [0.1, 0.15) is 10.7 Å². The number of aromatic nitrogens is 4. The maximum atomic E-state index is 13.1. The van der Waals surface area contributed by atoms with E-state index in [4.69, 9.17) is 0 Å². The number of halogens is 2. The van der Waals surface area contributed by atoms with Crippen molar-refractivity contribution in [3.05, 3.63) is 59.0 Å². The topological polar surface area (TPSA) is 72.7 Å². The van der Waals surface area contributed by atoms with Gasteiger partial charge in [0.2, 0.25) is 0 Å². The summed E-state index contributed by atoms with van der Waals surface area (Å²) < 4.78 is 27.0. The summed E-state index contributed by atoms with van der Waals surface area (Å²) in [5.74, 6) is -0.285. The van der Waals surface area contributed by atoms with Crippen LogP contribution in [0.2, 0.25) is 0 Å². The van der Waals surface area contributed by atoms with Gasteiger partial charge in [0.15, 0.2) is 11.0 Å². The average Bonchev–Trinajstić information content (AvgIpc) is 3.47. The lowest BCUT2D eigenvalue weighted by atomic mass is 10.1. The van der Waals surface area contributed by atoms with E-state index in [-0.39, 0.29) is 11.5 Å². The van der Waals surface area contributed by atoms with Crippen molar-refractivity contribution in [1.82, 2.24) is 19.5 Å². The van der Waals surface area contributed by atoms with Crippen molar-refractivity contribution in [1.29, 1.82) is 0 Å². The summed E-state index contributed by atoms with van der Waals surface area (Å²) in [5, 5.41) is 5.44. The number of amides is 1. The molecule has 0 radical (unpaired) electrons. The molecule has 0 spiro atoms. The molecular weight excluding hydrogens is 428 g/mol. The lowest BCUT2D eigenvalue weighted by molar-refractivity contribution is 0.0720. The second kappa shape index (κ2) is 8.41. The summed E-state index contributed by atoms with van der Waals surface area (Å²) in [6, 6.07) is 8.06. The molecule has 0 fully saturated rings. The molecule has 4 aromatic rings. The smallest absolute Gasteiger partial charge is 0.296 e. The summed E-state index contributed by atoms with van der Waals surface area (Å²) in [7, 11) is 0. The first-order valence-electron chi connectivity index (χ1n) is 9.11. The number of benzene rings is 1. The third kappa shape index (κ3) is 4.01. The van der Waals surface area contributed by atoms with Crippen molar-refractivity contribution in [2.75, 3.05) is 5.32 Å². The number of anilines is 1. The van der Waals surface area contributed by atoms with E-state index in [1.165, 1.54) is 29.3 Å². The van der Waals surface area contributed by atoms with Gasteiger partial charge in [-0.05, 0) is 18.9 Å². The molecule has 4 rings (SSSR count). The van der Waals surface area contributed by atoms with Crippen LogP contribution in [-0.4, -0.2) is 25.4 Å². The Morgan fingerprint density at radius 1 is 1.23 bits per heavy atom. The Morgan fingerprint density at radius 2 is 2.00 bits per heavy atom. The van der Waals surface area contributed by atoms with E-state index in [9.17, 15) is 13.6 Å². The fourth-order valence-corrected chi connectivity index (χ4v) is 4.63. The molecule has 0 aliphatic heterocycles. The van der Waals surface area contributed by atoms with Gasteiger partial charge < -0.3 is 0 Å². The predicted molar refractivity (Wildman–Crippen MR) is 114 cm³/mol. The third-order valence-electron chi connectivity index (χ3n) is 4.45. The van der Waals surface area contributed by atoms with Crippen LogP contribution in [0.1, 0.15) is 35.2 Å². The Morgan fingerprint density at radius 3 is 2.70 bits per heavy atom. The fourth-order valence-electron chi connectivity index (χ4n) is 2.86. The highest BCUT2D eigenvalue weighted by atomic mass is 32.1.